The van der Waals surface area contributed by atoms with Gasteiger partial charge in [-0.1, -0.05) is 56.4 Å². The number of esters is 2. The van der Waals surface area contributed by atoms with E-state index in [-0.39, 0.29) is 67.4 Å². The quantitative estimate of drug-likeness (QED) is 0.0906. The predicted octanol–water partition coefficient (Wildman–Crippen LogP) is 6.59. The Kier molecular flexibility index (Phi) is 25.8. The minimum atomic E-state index is -1.44. The third kappa shape index (κ3) is 18.5. The first-order valence-corrected chi connectivity index (χ1v) is 25.4. The summed E-state index contributed by atoms with van der Waals surface area (Å²) >= 11 is -1.44. The van der Waals surface area contributed by atoms with Crippen LogP contribution in [0, 0.1) is 11.8 Å². The fourth-order valence-corrected chi connectivity index (χ4v) is 8.15. The number of carbonyl (C=O) groups excluding carboxylic acids is 3. The van der Waals surface area contributed by atoms with Gasteiger partial charge in [-0.05, 0) is 70.9 Å². The van der Waals surface area contributed by atoms with Gasteiger partial charge in [0.15, 0.2) is 37.0 Å². The second-order valence-corrected chi connectivity index (χ2v) is 19.0. The molecule has 2 aromatic rings. The molecule has 429 valence electrons. The Morgan fingerprint density at radius 1 is 0.532 bits per heavy atom. The van der Waals surface area contributed by atoms with Crippen LogP contribution in [0.1, 0.15) is 87.2 Å². The third-order valence-corrected chi connectivity index (χ3v) is 12.2. The van der Waals surface area contributed by atoms with Crippen LogP contribution in [0.15, 0.2) is 60.7 Å². The van der Waals surface area contributed by atoms with E-state index >= 15 is 0 Å². The van der Waals surface area contributed by atoms with Gasteiger partial charge in [0.25, 0.3) is 0 Å². The van der Waals surface area contributed by atoms with Crippen LogP contribution in [0.2, 0.25) is 0 Å². The number of aliphatic hydroxyl groups is 1. The average molecular weight is 1130 g/mol. The fourth-order valence-electron chi connectivity index (χ4n) is 8.15. The second-order valence-electron chi connectivity index (χ2n) is 18.8. The number of carbonyl (C=O) groups is 3. The molecule has 0 spiro atoms. The molecule has 0 aliphatic carbocycles. The standard InChI is InChI=1S/C27H38O10.C27H36O10.Mn.2O/c2*1-16-8-10-20(28)24-25(37-27(3,4)36-24)21(33-14-30-5)11-9-18-12-19(32-7)13-22(34-15-31-6)23(18)26(29)35-17(16)2;;;/h8-13,16-17,20-21,24-25,28H,14-15H2,1-7H3;8-13,16-17,21,24-25H,14-15H2,1-7H3;;;/b2*10-8-,11-9+;;;/t16-,17+,20?,21?,24-,25+;16-,17+,21?,24-,25+;;;/m11.../s1. The predicted molar refractivity (Wildman–Crippen MR) is 269 cm³/mol. The molecule has 1 N–H and O–H groups in total. The van der Waals surface area contributed by atoms with Gasteiger partial charge in [0, 0.05) is 52.4 Å². The number of hydrogen-bond acceptors (Lipinski definition) is 22. The Balaban J connectivity index is 0.000000316. The van der Waals surface area contributed by atoms with Crippen LogP contribution in [0.4, 0.5) is 0 Å². The van der Waals surface area contributed by atoms with Crippen molar-refractivity contribution in [2.24, 2.45) is 11.8 Å². The maximum absolute atomic E-state index is 13.4. The summed E-state index contributed by atoms with van der Waals surface area (Å²) in [4.78, 5) is 40.0. The van der Waals surface area contributed by atoms with Crippen molar-refractivity contribution in [1.82, 2.24) is 0 Å². The van der Waals surface area contributed by atoms with Gasteiger partial charge in [-0.25, -0.2) is 9.59 Å². The van der Waals surface area contributed by atoms with Crippen molar-refractivity contribution in [3.8, 4) is 23.0 Å². The molecule has 77 heavy (non-hydrogen) atoms. The molecule has 4 aliphatic heterocycles. The van der Waals surface area contributed by atoms with Gasteiger partial charge in [-0.2, -0.15) is 0 Å². The van der Waals surface area contributed by atoms with Gasteiger partial charge in [0.1, 0.15) is 96.5 Å². The molecule has 2 fully saturated rings. The Labute approximate surface area is 455 Å². The van der Waals surface area contributed by atoms with E-state index < -0.39 is 93.3 Å². The summed E-state index contributed by atoms with van der Waals surface area (Å²) in [7, 11) is 9.00. The first kappa shape index (κ1) is 64.4. The molecule has 2 saturated heterocycles. The number of fused-ring (bicyclic) bond motifs is 4. The zero-order valence-electron chi connectivity index (χ0n) is 46.0. The van der Waals surface area contributed by atoms with Crippen molar-refractivity contribution in [3.63, 3.8) is 0 Å². The molecule has 11 atom stereocenters. The molecule has 0 aromatic heterocycles. The van der Waals surface area contributed by atoms with Crippen molar-refractivity contribution < 1.29 is 118 Å². The summed E-state index contributed by atoms with van der Waals surface area (Å²) in [5.74, 6) is -2.51. The molecule has 0 bridgehead atoms. The topological polar surface area (TPSA) is 253 Å². The van der Waals surface area contributed by atoms with Crippen LogP contribution >= 0.6 is 0 Å². The number of cyclic esters (lactones) is 2. The molecule has 3 unspecified atom stereocenters. The summed E-state index contributed by atoms with van der Waals surface area (Å²) in [6, 6.07) is 6.57. The van der Waals surface area contributed by atoms with Crippen LogP contribution in [0.25, 0.3) is 12.2 Å². The van der Waals surface area contributed by atoms with Gasteiger partial charge in [0.05, 0.1) is 14.2 Å². The van der Waals surface area contributed by atoms with E-state index in [0.717, 1.165) is 0 Å². The summed E-state index contributed by atoms with van der Waals surface area (Å²) in [5, 5.41) is 11.0. The van der Waals surface area contributed by atoms with Crippen molar-refractivity contribution in [2.75, 3.05) is 69.8 Å². The molecule has 2 aromatic carbocycles. The number of ether oxygens (including phenoxy) is 16. The second kappa shape index (κ2) is 30.9. The van der Waals surface area contributed by atoms with Gasteiger partial charge in [-0.3, -0.25) is 4.79 Å². The van der Waals surface area contributed by atoms with Crippen LogP contribution in [0.3, 0.4) is 0 Å². The van der Waals surface area contributed by atoms with E-state index in [9.17, 15) is 19.5 Å². The number of methoxy groups -OCH3 is 6. The number of benzene rings is 2. The van der Waals surface area contributed by atoms with Gasteiger partial charge >= 0.3 is 34.4 Å². The molecule has 22 nitrogen and oxygen atoms in total. The van der Waals surface area contributed by atoms with Crippen LogP contribution in [0.5, 0.6) is 23.0 Å². The molecule has 0 radical (unpaired) electrons. The van der Waals surface area contributed by atoms with Gasteiger partial charge < -0.3 is 80.9 Å². The fraction of sp³-hybridized carbons (Fsp3) is 0.574. The Bertz CT molecular complexity index is 2410. The summed E-state index contributed by atoms with van der Waals surface area (Å²) in [6.07, 6.45) is 6.72. The first-order valence-electron chi connectivity index (χ1n) is 24.5. The van der Waals surface area contributed by atoms with Crippen molar-refractivity contribution in [1.29, 1.82) is 0 Å². The molecule has 4 aliphatic rings. The number of rotatable bonds is 14. The molecule has 0 saturated carbocycles. The zero-order chi connectivity index (χ0) is 57.0. The summed E-state index contributed by atoms with van der Waals surface area (Å²) in [5.41, 5.74) is 1.33. The number of ketones is 1. The molecule has 6 rings (SSSR count). The number of aliphatic hydroxyl groups excluding tert-OH is 1. The molecule has 4 heterocycles. The number of hydrogen-bond donors (Lipinski definition) is 1. The average Bonchev–Trinajstić information content (AvgIpc) is 3.91. The van der Waals surface area contributed by atoms with Gasteiger partial charge in [-0.15, -0.1) is 0 Å². The van der Waals surface area contributed by atoms with E-state index in [1.165, 1.54) is 48.7 Å². The Morgan fingerprint density at radius 3 is 1.40 bits per heavy atom. The van der Waals surface area contributed by atoms with E-state index in [4.69, 9.17) is 83.5 Å². The van der Waals surface area contributed by atoms with E-state index in [1.807, 2.05) is 13.8 Å². The monoisotopic (exact) mass is 1130 g/mol. The molecule has 23 heteroatoms. The molecular weight excluding hydrogens is 1060 g/mol. The SMILES string of the molecule is COCOc1cc(OC)cc2c1C(=O)O[C@@H](C)[C@H](C)/C=C\C(=O)[C@H]1OC(C)(C)O[C@H]1C(OCOC)/C=C/2.COCOc1cc(OC)cc2c1C(=O)O[C@@H](C)[C@H](C)/C=C\C(O)[C@H]1OC(C)(C)O[C@H]1C(OCOC)/C=C/2.[O]=[Mn]=[O]. The normalized spacial score (nSPS) is 29.4. The van der Waals surface area contributed by atoms with E-state index in [2.05, 4.69) is 0 Å². The Hall–Kier alpha value is -5.11. The molecule has 0 amide bonds. The van der Waals surface area contributed by atoms with Gasteiger partial charge in [0.2, 0.25) is 0 Å². The zero-order valence-corrected chi connectivity index (χ0v) is 47.2. The summed E-state index contributed by atoms with van der Waals surface area (Å²) in [6.45, 7) is 14.1. The van der Waals surface area contributed by atoms with Crippen molar-refractivity contribution >= 4 is 29.9 Å². The molecular formula is C54H74MnO22. The Morgan fingerprint density at radius 2 is 0.948 bits per heavy atom. The summed E-state index contributed by atoms with van der Waals surface area (Å²) < 4.78 is 107. The van der Waals surface area contributed by atoms with E-state index in [1.54, 1.807) is 108 Å². The van der Waals surface area contributed by atoms with Crippen molar-refractivity contribution in [2.45, 2.75) is 122 Å². The third-order valence-electron chi connectivity index (χ3n) is 12.2. The van der Waals surface area contributed by atoms with Crippen LogP contribution < -0.4 is 18.9 Å². The van der Waals surface area contributed by atoms with Crippen LogP contribution in [-0.4, -0.2) is 159 Å². The van der Waals surface area contributed by atoms with E-state index in [0.29, 0.717) is 22.6 Å². The first-order chi connectivity index (χ1) is 36.6. The van der Waals surface area contributed by atoms with Crippen LogP contribution in [-0.2, 0) is 84.1 Å². The maximum atomic E-state index is 13.4. The minimum absolute atomic E-state index is 0.0301. The van der Waals surface area contributed by atoms with Crippen molar-refractivity contribution in [3.05, 3.63) is 83.0 Å².